The zero-order chi connectivity index (χ0) is 22.6. The molecule has 33 heavy (non-hydrogen) atoms. The number of ether oxygens (including phenoxy) is 1. The summed E-state index contributed by atoms with van der Waals surface area (Å²) < 4.78 is 11.4. The average molecular weight is 451 g/mol. The van der Waals surface area contributed by atoms with Crippen molar-refractivity contribution in [2.24, 2.45) is 46.8 Å². The molecule has 0 bridgehead atoms. The van der Waals surface area contributed by atoms with Crippen LogP contribution in [0, 0.1) is 46.8 Å². The first kappa shape index (κ1) is 21.6. The van der Waals surface area contributed by atoms with Crippen molar-refractivity contribution in [2.75, 3.05) is 6.61 Å². The Morgan fingerprint density at radius 2 is 2.00 bits per heavy atom. The van der Waals surface area contributed by atoms with Crippen LogP contribution in [0.25, 0.3) is 11.2 Å². The largest absolute Gasteiger partial charge is 0.442 e. The van der Waals surface area contributed by atoms with Crippen molar-refractivity contribution in [3.8, 4) is 6.08 Å². The third kappa shape index (κ3) is 3.70. The summed E-state index contributed by atoms with van der Waals surface area (Å²) >= 11 is 0. The van der Waals surface area contributed by atoms with Crippen molar-refractivity contribution < 1.29 is 13.9 Å². The van der Waals surface area contributed by atoms with Crippen LogP contribution in [-0.4, -0.2) is 22.4 Å². The molecule has 4 aliphatic rings. The molecule has 4 aliphatic carbocycles. The normalized spacial score (nSPS) is 40.5. The minimum Gasteiger partial charge on any atom is -0.442 e. The zero-order valence-electron chi connectivity index (χ0n) is 20.2. The Hall–Kier alpha value is -1.91. The number of fused-ring (bicyclic) bond motifs is 6. The molecule has 0 radical (unpaired) electrons. The molecule has 2 heterocycles. The van der Waals surface area contributed by atoms with E-state index in [-0.39, 0.29) is 29.8 Å². The second-order valence-electron chi connectivity index (χ2n) is 11.9. The number of hydrogen-bond acceptors (Lipinski definition) is 5. The molecule has 0 N–H and O–H groups in total. The van der Waals surface area contributed by atoms with Gasteiger partial charge in [-0.25, -0.2) is 4.98 Å². The maximum atomic E-state index is 13.5. The quantitative estimate of drug-likeness (QED) is 0.534. The molecule has 4 saturated carbocycles. The van der Waals surface area contributed by atoms with E-state index in [0.717, 1.165) is 36.0 Å². The van der Waals surface area contributed by atoms with Gasteiger partial charge in [0.15, 0.2) is 18.0 Å². The van der Waals surface area contributed by atoms with Gasteiger partial charge >= 0.3 is 6.08 Å². The van der Waals surface area contributed by atoms with Crippen molar-refractivity contribution in [3.05, 3.63) is 18.3 Å². The van der Waals surface area contributed by atoms with Gasteiger partial charge in [0.05, 0.1) is 0 Å². The van der Waals surface area contributed by atoms with Crippen LogP contribution in [0.3, 0.4) is 0 Å². The van der Waals surface area contributed by atoms with Gasteiger partial charge in [-0.2, -0.15) is 4.98 Å². The molecule has 2 unspecified atom stereocenters. The van der Waals surface area contributed by atoms with Crippen molar-refractivity contribution >= 4 is 17.0 Å². The fourth-order valence-corrected chi connectivity index (χ4v) is 8.86. The van der Waals surface area contributed by atoms with E-state index in [1.165, 1.54) is 57.8 Å². The second kappa shape index (κ2) is 8.39. The number of carbonyl (C=O) groups excluding carboxylic acids is 1. The molecule has 0 saturated heterocycles. The van der Waals surface area contributed by atoms with Crippen LogP contribution in [-0.2, 0) is 4.79 Å². The van der Waals surface area contributed by atoms with Gasteiger partial charge in [-0.3, -0.25) is 4.79 Å². The van der Waals surface area contributed by atoms with Gasteiger partial charge in [-0.05, 0) is 104 Å². The molecule has 5 nitrogen and oxygen atoms in total. The molecule has 4 fully saturated rings. The van der Waals surface area contributed by atoms with E-state index in [1.807, 2.05) is 12.1 Å². The highest BCUT2D eigenvalue weighted by Gasteiger charge is 2.56. The van der Waals surface area contributed by atoms with E-state index in [4.69, 9.17) is 9.15 Å². The third-order valence-corrected chi connectivity index (χ3v) is 10.3. The van der Waals surface area contributed by atoms with E-state index >= 15 is 0 Å². The Kier molecular flexibility index (Phi) is 5.49. The summed E-state index contributed by atoms with van der Waals surface area (Å²) in [5.41, 5.74) is 1.24. The summed E-state index contributed by atoms with van der Waals surface area (Å²) in [5, 5.41) is 0. The molecule has 2 aromatic rings. The molecule has 8 atom stereocenters. The number of hydrogen-bond donors (Lipinski definition) is 0. The summed E-state index contributed by atoms with van der Waals surface area (Å²) in [5.74, 6) is 5.62. The first-order valence-electron chi connectivity index (χ1n) is 13.4. The highest BCUT2D eigenvalue weighted by molar-refractivity contribution is 5.83. The minimum absolute atomic E-state index is 0.0521. The number of ketones is 1. The number of nitrogens with zero attached hydrogens (tertiary/aromatic N) is 2. The SMILES string of the molecule is C[C@H]1CC[C@@H]2C3CC[C@@]4(C)C(CCC[C@@H]4C(=O)COc4nc5ncccc5o4)[C@@H]3CC[C@@H]2C1. The van der Waals surface area contributed by atoms with Crippen LogP contribution in [0.5, 0.6) is 6.08 Å². The van der Waals surface area contributed by atoms with E-state index in [9.17, 15) is 4.79 Å². The number of oxazole rings is 1. The van der Waals surface area contributed by atoms with Crippen LogP contribution < -0.4 is 4.74 Å². The van der Waals surface area contributed by atoms with E-state index in [0.29, 0.717) is 17.1 Å². The molecule has 0 aliphatic heterocycles. The first-order chi connectivity index (χ1) is 16.0. The van der Waals surface area contributed by atoms with Gasteiger partial charge in [-0.1, -0.05) is 26.7 Å². The Labute approximate surface area is 197 Å². The minimum atomic E-state index is 0.0521. The van der Waals surface area contributed by atoms with Gasteiger partial charge < -0.3 is 9.15 Å². The van der Waals surface area contributed by atoms with Gasteiger partial charge in [0, 0.05) is 12.1 Å². The molecule has 0 spiro atoms. The Morgan fingerprint density at radius 3 is 2.88 bits per heavy atom. The van der Waals surface area contributed by atoms with Crippen molar-refractivity contribution in [1.82, 2.24) is 9.97 Å². The molecule has 0 aromatic carbocycles. The van der Waals surface area contributed by atoms with Crippen LogP contribution in [0.2, 0.25) is 0 Å². The summed E-state index contributed by atoms with van der Waals surface area (Å²) in [6.07, 6.45) is 15.0. The summed E-state index contributed by atoms with van der Waals surface area (Å²) in [6.45, 7) is 4.95. The van der Waals surface area contributed by atoms with Crippen molar-refractivity contribution in [2.45, 2.75) is 78.1 Å². The molecule has 0 amide bonds. The number of Topliss-reactive ketones (excluding diaryl/α,β-unsaturated/α-hetero) is 1. The lowest BCUT2D eigenvalue weighted by molar-refractivity contribution is -0.146. The van der Waals surface area contributed by atoms with Gasteiger partial charge in [0.1, 0.15) is 0 Å². The monoisotopic (exact) mass is 450 g/mol. The molecule has 6 rings (SSSR count). The van der Waals surface area contributed by atoms with E-state index < -0.39 is 0 Å². The standard InChI is InChI=1S/C28H38N2O3/c1-17-8-10-19-18(15-17)9-11-21-20(19)12-13-28(2)22(21)5-3-6-23(28)24(31)16-32-27-30-26-25(33-27)7-4-14-29-26/h4,7,14,17-23H,3,5-6,8-13,15-16H2,1-2H3/t17-,18+,19-,20?,21+,22?,23+,28-/m0/s1. The first-order valence-corrected chi connectivity index (χ1v) is 13.4. The predicted molar refractivity (Wildman–Crippen MR) is 127 cm³/mol. The lowest BCUT2D eigenvalue weighted by Gasteiger charge is -2.60. The van der Waals surface area contributed by atoms with E-state index in [2.05, 4.69) is 23.8 Å². The van der Waals surface area contributed by atoms with Crippen LogP contribution in [0.1, 0.15) is 78.1 Å². The van der Waals surface area contributed by atoms with Gasteiger partial charge in [0.2, 0.25) is 5.65 Å². The van der Waals surface area contributed by atoms with Crippen LogP contribution in [0.4, 0.5) is 0 Å². The lowest BCUT2D eigenvalue weighted by Crippen LogP contribution is -2.54. The van der Waals surface area contributed by atoms with E-state index in [1.54, 1.807) is 6.20 Å². The average Bonchev–Trinajstić information content (AvgIpc) is 3.24. The maximum Gasteiger partial charge on any atom is 0.396 e. The Balaban J connectivity index is 1.16. The van der Waals surface area contributed by atoms with Gasteiger partial charge in [-0.15, -0.1) is 0 Å². The summed E-state index contributed by atoms with van der Waals surface area (Å²) in [6, 6.07) is 3.63. The summed E-state index contributed by atoms with van der Waals surface area (Å²) in [7, 11) is 0. The predicted octanol–water partition coefficient (Wildman–Crippen LogP) is 6.47. The highest BCUT2D eigenvalue weighted by atomic mass is 16.6. The van der Waals surface area contributed by atoms with Crippen LogP contribution in [0.15, 0.2) is 22.7 Å². The number of rotatable bonds is 4. The highest BCUT2D eigenvalue weighted by Crippen LogP contribution is 2.63. The fourth-order valence-electron chi connectivity index (χ4n) is 8.86. The van der Waals surface area contributed by atoms with Crippen molar-refractivity contribution in [1.29, 1.82) is 0 Å². The second-order valence-corrected chi connectivity index (χ2v) is 11.9. The number of aromatic nitrogens is 2. The van der Waals surface area contributed by atoms with Gasteiger partial charge in [0.25, 0.3) is 0 Å². The lowest BCUT2D eigenvalue weighted by atomic mass is 9.44. The molecular formula is C28H38N2O3. The third-order valence-electron chi connectivity index (χ3n) is 10.3. The zero-order valence-corrected chi connectivity index (χ0v) is 20.2. The maximum absolute atomic E-state index is 13.5. The summed E-state index contributed by atoms with van der Waals surface area (Å²) in [4.78, 5) is 21.9. The van der Waals surface area contributed by atoms with Crippen LogP contribution >= 0.6 is 0 Å². The Morgan fingerprint density at radius 1 is 1.12 bits per heavy atom. The Bertz CT molecular complexity index is 984. The number of pyridine rings is 1. The molecule has 5 heteroatoms. The number of carbonyl (C=O) groups is 1. The molecule has 178 valence electrons. The fraction of sp³-hybridized carbons (Fsp3) is 0.750. The topological polar surface area (TPSA) is 65.2 Å². The molecular weight excluding hydrogens is 412 g/mol. The van der Waals surface area contributed by atoms with Crippen molar-refractivity contribution in [3.63, 3.8) is 0 Å². The molecule has 2 aromatic heterocycles. The smallest absolute Gasteiger partial charge is 0.396 e.